The Kier molecular flexibility index (Phi) is 4.16. The topological polar surface area (TPSA) is 90.8 Å². The van der Waals surface area contributed by atoms with Gasteiger partial charge in [0.15, 0.2) is 9.84 Å². The van der Waals surface area contributed by atoms with Crippen LogP contribution in [0.1, 0.15) is 5.56 Å². The molecule has 2 aliphatic heterocycles. The molecule has 0 unspecified atom stereocenters. The lowest BCUT2D eigenvalue weighted by atomic mass is 10.0. The van der Waals surface area contributed by atoms with Crippen molar-refractivity contribution in [1.29, 1.82) is 0 Å². The molecule has 1 N–H and O–H groups in total. The molecule has 3 heterocycles. The van der Waals surface area contributed by atoms with Crippen molar-refractivity contribution in [2.24, 2.45) is 0 Å². The summed E-state index contributed by atoms with van der Waals surface area (Å²) in [6.45, 7) is 1.07. The van der Waals surface area contributed by atoms with Gasteiger partial charge in [0.05, 0.1) is 17.5 Å². The number of aliphatic hydroxyl groups is 1. The molecule has 0 aromatic carbocycles. The van der Waals surface area contributed by atoms with Crippen LogP contribution >= 0.6 is 0 Å². The van der Waals surface area contributed by atoms with Crippen molar-refractivity contribution in [3.8, 4) is 0 Å². The number of piperazine rings is 1. The van der Waals surface area contributed by atoms with Crippen LogP contribution in [0.5, 0.6) is 0 Å². The number of pyridine rings is 1. The van der Waals surface area contributed by atoms with Crippen molar-refractivity contribution >= 4 is 15.7 Å². The van der Waals surface area contributed by atoms with E-state index in [9.17, 15) is 13.2 Å². The minimum absolute atomic E-state index is 0.0209. The molecule has 1 aromatic rings. The lowest BCUT2D eigenvalue weighted by Crippen LogP contribution is -2.60. The standard InChI is InChI=1S/C14H19N3O4S/c18-8-14(19)17-5-4-16(7-11-2-1-3-15-6-11)12-9-22(20,21)10-13(12)17/h1-3,6,12-13,18H,4-5,7-10H2/t12-,13+/m1/s1. The van der Waals surface area contributed by atoms with Gasteiger partial charge in [-0.15, -0.1) is 0 Å². The van der Waals surface area contributed by atoms with Gasteiger partial charge in [-0.25, -0.2) is 8.42 Å². The molecule has 2 aliphatic rings. The Morgan fingerprint density at radius 2 is 2.09 bits per heavy atom. The summed E-state index contributed by atoms with van der Waals surface area (Å²) in [6, 6.07) is 3.23. The van der Waals surface area contributed by atoms with Crippen molar-refractivity contribution in [3.63, 3.8) is 0 Å². The normalized spacial score (nSPS) is 27.6. The van der Waals surface area contributed by atoms with Gasteiger partial charge in [0, 0.05) is 38.1 Å². The predicted molar refractivity (Wildman–Crippen MR) is 79.7 cm³/mol. The van der Waals surface area contributed by atoms with Gasteiger partial charge in [0.25, 0.3) is 0 Å². The second kappa shape index (κ2) is 5.94. The number of aliphatic hydroxyl groups excluding tert-OH is 1. The molecule has 120 valence electrons. The third-order valence-electron chi connectivity index (χ3n) is 4.36. The highest BCUT2D eigenvalue weighted by molar-refractivity contribution is 7.91. The molecule has 2 fully saturated rings. The van der Waals surface area contributed by atoms with Gasteiger partial charge in [0.2, 0.25) is 5.91 Å². The van der Waals surface area contributed by atoms with Gasteiger partial charge in [-0.1, -0.05) is 6.07 Å². The third kappa shape index (κ3) is 2.99. The number of carbonyl (C=O) groups is 1. The van der Waals surface area contributed by atoms with Crippen molar-refractivity contribution in [2.45, 2.75) is 18.6 Å². The first-order valence-corrected chi connectivity index (χ1v) is 9.06. The number of aromatic nitrogens is 1. The lowest BCUT2D eigenvalue weighted by molar-refractivity contribution is -0.140. The highest BCUT2D eigenvalue weighted by Crippen LogP contribution is 2.28. The Bertz CT molecular complexity index is 649. The average Bonchev–Trinajstić information content (AvgIpc) is 2.83. The number of fused-ring (bicyclic) bond motifs is 1. The van der Waals surface area contributed by atoms with E-state index in [2.05, 4.69) is 9.88 Å². The van der Waals surface area contributed by atoms with Crippen LogP contribution in [0, 0.1) is 0 Å². The molecule has 0 spiro atoms. The first kappa shape index (κ1) is 15.4. The first-order chi connectivity index (χ1) is 10.5. The second-order valence-electron chi connectivity index (χ2n) is 5.79. The number of hydrogen-bond donors (Lipinski definition) is 1. The van der Waals surface area contributed by atoms with E-state index in [-0.39, 0.29) is 23.6 Å². The summed E-state index contributed by atoms with van der Waals surface area (Å²) in [5, 5.41) is 9.08. The second-order valence-corrected chi connectivity index (χ2v) is 7.94. The fourth-order valence-electron chi connectivity index (χ4n) is 3.35. The zero-order chi connectivity index (χ0) is 15.7. The number of rotatable bonds is 3. The summed E-state index contributed by atoms with van der Waals surface area (Å²) in [5.74, 6) is -0.354. The van der Waals surface area contributed by atoms with Gasteiger partial charge in [0.1, 0.15) is 6.61 Å². The van der Waals surface area contributed by atoms with E-state index in [1.807, 2.05) is 12.1 Å². The zero-order valence-electron chi connectivity index (χ0n) is 12.1. The van der Waals surface area contributed by atoms with Crippen LogP contribution in [-0.4, -0.2) is 77.5 Å². The van der Waals surface area contributed by atoms with E-state index in [1.54, 1.807) is 12.4 Å². The first-order valence-electron chi connectivity index (χ1n) is 7.24. The van der Waals surface area contributed by atoms with Crippen LogP contribution in [0.2, 0.25) is 0 Å². The zero-order valence-corrected chi connectivity index (χ0v) is 12.9. The van der Waals surface area contributed by atoms with Crippen LogP contribution in [-0.2, 0) is 21.2 Å². The number of carbonyl (C=O) groups excluding carboxylic acids is 1. The summed E-state index contributed by atoms with van der Waals surface area (Å²) < 4.78 is 24.0. The monoisotopic (exact) mass is 325 g/mol. The molecule has 8 heteroatoms. The fraction of sp³-hybridized carbons (Fsp3) is 0.571. The molecule has 0 aliphatic carbocycles. The van der Waals surface area contributed by atoms with E-state index in [0.717, 1.165) is 5.56 Å². The highest BCUT2D eigenvalue weighted by atomic mass is 32.2. The van der Waals surface area contributed by atoms with E-state index in [1.165, 1.54) is 4.90 Å². The van der Waals surface area contributed by atoms with Crippen molar-refractivity contribution < 1.29 is 18.3 Å². The Labute approximate surface area is 129 Å². The SMILES string of the molecule is O=C(CO)N1CCN(Cc2cccnc2)[C@@H]2CS(=O)(=O)C[C@@H]21. The largest absolute Gasteiger partial charge is 0.387 e. The minimum Gasteiger partial charge on any atom is -0.387 e. The molecule has 1 amide bonds. The number of nitrogens with zero attached hydrogens (tertiary/aromatic N) is 3. The van der Waals surface area contributed by atoms with Crippen LogP contribution in [0.15, 0.2) is 24.5 Å². The Morgan fingerprint density at radius 1 is 1.32 bits per heavy atom. The molecule has 0 bridgehead atoms. The molecule has 7 nitrogen and oxygen atoms in total. The summed E-state index contributed by atoms with van der Waals surface area (Å²) in [7, 11) is -3.16. The summed E-state index contributed by atoms with van der Waals surface area (Å²) in [5.41, 5.74) is 1.02. The van der Waals surface area contributed by atoms with Crippen LogP contribution < -0.4 is 0 Å². The molecule has 2 atom stereocenters. The number of sulfone groups is 1. The minimum atomic E-state index is -3.16. The van der Waals surface area contributed by atoms with Gasteiger partial charge in [-0.3, -0.25) is 14.7 Å². The molecule has 0 saturated carbocycles. The predicted octanol–water partition coefficient (Wildman–Crippen LogP) is -1.12. The third-order valence-corrected chi connectivity index (χ3v) is 6.05. The maximum absolute atomic E-state index is 12.0. The van der Waals surface area contributed by atoms with Gasteiger partial charge < -0.3 is 10.0 Å². The van der Waals surface area contributed by atoms with E-state index < -0.39 is 22.4 Å². The molecule has 22 heavy (non-hydrogen) atoms. The van der Waals surface area contributed by atoms with Gasteiger partial charge in [-0.2, -0.15) is 0 Å². The van der Waals surface area contributed by atoms with Crippen molar-refractivity contribution in [2.75, 3.05) is 31.2 Å². The molecular formula is C14H19N3O4S. The summed E-state index contributed by atoms with van der Waals surface area (Å²) >= 11 is 0. The molecule has 1 aromatic heterocycles. The van der Waals surface area contributed by atoms with Gasteiger partial charge in [-0.05, 0) is 11.6 Å². The van der Waals surface area contributed by atoms with Crippen LogP contribution in [0.4, 0.5) is 0 Å². The Balaban J connectivity index is 1.82. The number of hydrogen-bond acceptors (Lipinski definition) is 6. The smallest absolute Gasteiger partial charge is 0.248 e. The van der Waals surface area contributed by atoms with Crippen molar-refractivity contribution in [3.05, 3.63) is 30.1 Å². The quantitative estimate of drug-likeness (QED) is 0.757. The highest BCUT2D eigenvalue weighted by Gasteiger charge is 2.47. The maximum Gasteiger partial charge on any atom is 0.248 e. The average molecular weight is 325 g/mol. The van der Waals surface area contributed by atoms with Crippen LogP contribution in [0.3, 0.4) is 0 Å². The van der Waals surface area contributed by atoms with E-state index >= 15 is 0 Å². The maximum atomic E-state index is 12.0. The van der Waals surface area contributed by atoms with Gasteiger partial charge >= 0.3 is 0 Å². The van der Waals surface area contributed by atoms with Crippen LogP contribution in [0.25, 0.3) is 0 Å². The molecule has 0 radical (unpaired) electrons. The fourth-order valence-corrected chi connectivity index (χ4v) is 5.36. The molecule has 2 saturated heterocycles. The number of amides is 1. The Morgan fingerprint density at radius 3 is 2.77 bits per heavy atom. The molecular weight excluding hydrogens is 306 g/mol. The molecule has 3 rings (SSSR count). The van der Waals surface area contributed by atoms with E-state index in [0.29, 0.717) is 19.6 Å². The van der Waals surface area contributed by atoms with E-state index in [4.69, 9.17) is 5.11 Å². The Hall–Kier alpha value is -1.51. The van der Waals surface area contributed by atoms with Crippen molar-refractivity contribution in [1.82, 2.24) is 14.8 Å². The summed E-state index contributed by atoms with van der Waals surface area (Å²) in [6.07, 6.45) is 3.47. The lowest BCUT2D eigenvalue weighted by Gasteiger charge is -2.43. The summed E-state index contributed by atoms with van der Waals surface area (Å²) in [4.78, 5) is 19.5.